The fourth-order valence-corrected chi connectivity index (χ4v) is 2.05. The zero-order chi connectivity index (χ0) is 13.8. The van der Waals surface area contributed by atoms with Crippen LogP contribution in [0.1, 0.15) is 5.56 Å². The summed E-state index contributed by atoms with van der Waals surface area (Å²) in [6, 6.07) is 8.89. The fourth-order valence-electron chi connectivity index (χ4n) is 1.34. The topological polar surface area (TPSA) is 109 Å². The summed E-state index contributed by atoms with van der Waals surface area (Å²) in [6.45, 7) is 0. The number of nitrogens with zero attached hydrogens (tertiary/aromatic N) is 2. The van der Waals surface area contributed by atoms with Gasteiger partial charge in [0, 0.05) is 10.9 Å². The minimum Gasteiger partial charge on any atom is -0.361 e. The van der Waals surface area contributed by atoms with Crippen LogP contribution in [-0.2, 0) is 9.59 Å². The molecule has 0 unspecified atom stereocenters. The van der Waals surface area contributed by atoms with Crippen molar-refractivity contribution >= 4 is 28.3 Å². The summed E-state index contributed by atoms with van der Waals surface area (Å²) in [5.41, 5.74) is 6.85. The minimum absolute atomic E-state index is 0.295. The van der Waals surface area contributed by atoms with Gasteiger partial charge in [-0.2, -0.15) is 5.26 Å². The quantitative estimate of drug-likeness (QED) is 0.798. The van der Waals surface area contributed by atoms with E-state index in [1.807, 2.05) is 6.07 Å². The van der Waals surface area contributed by atoms with E-state index in [9.17, 15) is 9.59 Å². The second-order valence-electron chi connectivity index (χ2n) is 3.55. The molecule has 0 spiro atoms. The Morgan fingerprint density at radius 1 is 1.32 bits per heavy atom. The number of nitriles is 1. The Balaban J connectivity index is 2.18. The Bertz CT molecular complexity index is 670. The second kappa shape index (κ2) is 5.29. The van der Waals surface area contributed by atoms with E-state index in [1.165, 1.54) is 11.3 Å². The summed E-state index contributed by atoms with van der Waals surface area (Å²) in [5, 5.41) is 13.0. The van der Waals surface area contributed by atoms with Gasteiger partial charge < -0.3 is 5.73 Å². The van der Waals surface area contributed by atoms with Gasteiger partial charge in [-0.1, -0.05) is 12.1 Å². The smallest absolute Gasteiger partial charge is 0.315 e. The molecule has 0 aliphatic rings. The first-order valence-electron chi connectivity index (χ1n) is 5.17. The number of rotatable bonds is 2. The predicted molar refractivity (Wildman–Crippen MR) is 70.1 cm³/mol. The van der Waals surface area contributed by atoms with Gasteiger partial charge in [-0.15, -0.1) is 11.3 Å². The van der Waals surface area contributed by atoms with Crippen molar-refractivity contribution in [3.05, 3.63) is 35.2 Å². The second-order valence-corrected chi connectivity index (χ2v) is 4.40. The van der Waals surface area contributed by atoms with Crippen LogP contribution in [0.15, 0.2) is 29.6 Å². The van der Waals surface area contributed by atoms with E-state index >= 15 is 0 Å². The molecule has 0 radical (unpaired) electrons. The zero-order valence-electron chi connectivity index (χ0n) is 9.58. The monoisotopic (exact) mass is 272 g/mol. The lowest BCUT2D eigenvalue weighted by Crippen LogP contribution is -2.29. The first-order chi connectivity index (χ1) is 9.10. The number of hydrogen-bond donors (Lipinski definition) is 2. The lowest BCUT2D eigenvalue weighted by molar-refractivity contribution is -0.134. The first kappa shape index (κ1) is 12.7. The Morgan fingerprint density at radius 2 is 2.00 bits per heavy atom. The molecule has 0 saturated carbocycles. The van der Waals surface area contributed by atoms with Crippen LogP contribution in [0.2, 0.25) is 0 Å². The molecule has 6 nitrogen and oxygen atoms in total. The van der Waals surface area contributed by atoms with Gasteiger partial charge in [0.25, 0.3) is 0 Å². The molecule has 0 fully saturated rings. The zero-order valence-corrected chi connectivity index (χ0v) is 10.4. The molecule has 2 rings (SSSR count). The Hall–Kier alpha value is -2.72. The Kier molecular flexibility index (Phi) is 3.54. The molecule has 2 aromatic rings. The molecule has 0 saturated heterocycles. The molecule has 1 heterocycles. The normalized spacial score (nSPS) is 9.63. The molecule has 94 valence electrons. The third-order valence-electron chi connectivity index (χ3n) is 2.26. The summed E-state index contributed by atoms with van der Waals surface area (Å²) in [6.07, 6.45) is 0. The number of carbonyl (C=O) groups excluding carboxylic acids is 2. The first-order valence-corrected chi connectivity index (χ1v) is 6.05. The van der Waals surface area contributed by atoms with Crippen LogP contribution in [0.5, 0.6) is 0 Å². The number of anilines is 1. The molecule has 0 bridgehead atoms. The number of amides is 2. The highest BCUT2D eigenvalue weighted by molar-refractivity contribution is 7.14. The van der Waals surface area contributed by atoms with Crippen LogP contribution in [-0.4, -0.2) is 16.8 Å². The molecule has 19 heavy (non-hydrogen) atoms. The van der Waals surface area contributed by atoms with Crippen molar-refractivity contribution in [2.24, 2.45) is 5.73 Å². The Morgan fingerprint density at radius 3 is 2.58 bits per heavy atom. The number of aromatic nitrogens is 1. The van der Waals surface area contributed by atoms with Crippen LogP contribution in [0.25, 0.3) is 11.3 Å². The van der Waals surface area contributed by atoms with Gasteiger partial charge in [0.05, 0.1) is 17.3 Å². The van der Waals surface area contributed by atoms with Crippen LogP contribution < -0.4 is 11.1 Å². The largest absolute Gasteiger partial charge is 0.361 e. The van der Waals surface area contributed by atoms with E-state index in [0.29, 0.717) is 16.4 Å². The molecule has 7 heteroatoms. The van der Waals surface area contributed by atoms with E-state index < -0.39 is 11.8 Å². The summed E-state index contributed by atoms with van der Waals surface area (Å²) in [5.74, 6) is -1.96. The molecular formula is C12H8N4O2S. The van der Waals surface area contributed by atoms with Crippen molar-refractivity contribution in [1.29, 1.82) is 5.26 Å². The van der Waals surface area contributed by atoms with Gasteiger partial charge in [-0.3, -0.25) is 14.9 Å². The van der Waals surface area contributed by atoms with E-state index in [1.54, 1.807) is 29.6 Å². The summed E-state index contributed by atoms with van der Waals surface area (Å²) in [7, 11) is 0. The van der Waals surface area contributed by atoms with Crippen molar-refractivity contribution < 1.29 is 9.59 Å². The van der Waals surface area contributed by atoms with Crippen LogP contribution in [0.3, 0.4) is 0 Å². The average molecular weight is 272 g/mol. The number of benzene rings is 1. The average Bonchev–Trinajstić information content (AvgIpc) is 2.87. The van der Waals surface area contributed by atoms with Gasteiger partial charge in [-0.05, 0) is 12.1 Å². The third-order valence-corrected chi connectivity index (χ3v) is 3.02. The number of nitrogens with one attached hydrogen (secondary N) is 1. The maximum absolute atomic E-state index is 11.1. The van der Waals surface area contributed by atoms with Crippen molar-refractivity contribution in [3.63, 3.8) is 0 Å². The molecule has 2 amide bonds. The number of primary amides is 1. The highest BCUT2D eigenvalue weighted by Crippen LogP contribution is 2.24. The van der Waals surface area contributed by atoms with Crippen molar-refractivity contribution in [1.82, 2.24) is 4.98 Å². The van der Waals surface area contributed by atoms with Crippen molar-refractivity contribution in [3.8, 4) is 17.3 Å². The van der Waals surface area contributed by atoms with Gasteiger partial charge in [-0.25, -0.2) is 4.98 Å². The summed E-state index contributed by atoms with van der Waals surface area (Å²) < 4.78 is 0. The van der Waals surface area contributed by atoms with E-state index in [4.69, 9.17) is 11.0 Å². The molecule has 1 aromatic carbocycles. The minimum atomic E-state index is -1.06. The fraction of sp³-hybridized carbons (Fsp3) is 0. The summed E-state index contributed by atoms with van der Waals surface area (Å²) in [4.78, 5) is 25.8. The van der Waals surface area contributed by atoms with Crippen LogP contribution in [0, 0.1) is 11.3 Å². The van der Waals surface area contributed by atoms with Crippen LogP contribution >= 0.6 is 11.3 Å². The maximum Gasteiger partial charge on any atom is 0.315 e. The molecule has 0 aliphatic heterocycles. The number of carbonyl (C=O) groups is 2. The van der Waals surface area contributed by atoms with E-state index in [0.717, 1.165) is 5.56 Å². The van der Waals surface area contributed by atoms with Gasteiger partial charge in [0.1, 0.15) is 0 Å². The molecule has 1 aromatic heterocycles. The van der Waals surface area contributed by atoms with Gasteiger partial charge >= 0.3 is 11.8 Å². The molecule has 0 aliphatic carbocycles. The highest BCUT2D eigenvalue weighted by Gasteiger charge is 2.12. The number of hydrogen-bond acceptors (Lipinski definition) is 5. The third kappa shape index (κ3) is 2.94. The Labute approximate surface area is 112 Å². The van der Waals surface area contributed by atoms with Gasteiger partial charge in [0.2, 0.25) is 0 Å². The summed E-state index contributed by atoms with van der Waals surface area (Å²) >= 11 is 1.18. The molecular weight excluding hydrogens is 264 g/mol. The standard InChI is InChI=1S/C12H8N4O2S/c13-5-7-1-3-8(4-2-7)9-6-19-12(15-9)16-11(18)10(14)17/h1-4,6H,(H2,14,17)(H,15,16,18). The maximum atomic E-state index is 11.1. The van der Waals surface area contributed by atoms with Crippen molar-refractivity contribution in [2.75, 3.05) is 5.32 Å². The molecule has 3 N–H and O–H groups in total. The lowest BCUT2D eigenvalue weighted by atomic mass is 10.1. The lowest BCUT2D eigenvalue weighted by Gasteiger charge is -1.97. The van der Waals surface area contributed by atoms with E-state index in [2.05, 4.69) is 10.3 Å². The highest BCUT2D eigenvalue weighted by atomic mass is 32.1. The van der Waals surface area contributed by atoms with Gasteiger partial charge in [0.15, 0.2) is 5.13 Å². The van der Waals surface area contributed by atoms with E-state index in [-0.39, 0.29) is 0 Å². The predicted octanol–water partition coefficient (Wildman–Crippen LogP) is 1.11. The number of thiazole rings is 1. The molecule has 0 atom stereocenters. The SMILES string of the molecule is N#Cc1ccc(-c2csc(NC(=O)C(N)=O)n2)cc1. The van der Waals surface area contributed by atoms with Crippen molar-refractivity contribution in [2.45, 2.75) is 0 Å². The number of nitrogens with two attached hydrogens (primary N) is 1. The van der Waals surface area contributed by atoms with Crippen LogP contribution in [0.4, 0.5) is 5.13 Å².